The van der Waals surface area contributed by atoms with Gasteiger partial charge in [0.15, 0.2) is 5.82 Å². The summed E-state index contributed by atoms with van der Waals surface area (Å²) < 4.78 is 1.80. The Balaban J connectivity index is 1.53. The number of piperazine rings is 1. The normalized spacial score (nSPS) is 15.7. The highest BCUT2D eigenvalue weighted by molar-refractivity contribution is 5.81. The zero-order valence-corrected chi connectivity index (χ0v) is 22.3. The summed E-state index contributed by atoms with van der Waals surface area (Å²) in [5.41, 5.74) is 4.15. The fourth-order valence-electron chi connectivity index (χ4n) is 5.06. The fraction of sp³-hybridized carbons (Fsp3) is 0.407. The van der Waals surface area contributed by atoms with Crippen LogP contribution in [0.25, 0.3) is 10.9 Å². The van der Waals surface area contributed by atoms with E-state index in [1.807, 2.05) is 39.8 Å². The van der Waals surface area contributed by atoms with Gasteiger partial charge in [-0.05, 0) is 91.9 Å². The summed E-state index contributed by atoms with van der Waals surface area (Å²) in [5, 5.41) is 24.7. The van der Waals surface area contributed by atoms with Gasteiger partial charge in [-0.25, -0.2) is 4.68 Å². The molecule has 1 atom stereocenters. The number of anilines is 1. The van der Waals surface area contributed by atoms with Gasteiger partial charge in [-0.3, -0.25) is 19.8 Å². The van der Waals surface area contributed by atoms with Crippen LogP contribution >= 0.6 is 0 Å². The van der Waals surface area contributed by atoms with Gasteiger partial charge < -0.3 is 9.88 Å². The number of benzene rings is 2. The van der Waals surface area contributed by atoms with Crippen LogP contribution in [0, 0.1) is 24.0 Å². The van der Waals surface area contributed by atoms with Crippen LogP contribution in [0.5, 0.6) is 0 Å². The number of H-pyrrole nitrogens is 1. The first kappa shape index (κ1) is 25.5. The van der Waals surface area contributed by atoms with Crippen molar-refractivity contribution in [2.24, 2.45) is 0 Å². The Bertz CT molecular complexity index is 1540. The molecule has 11 nitrogen and oxygen atoms in total. The number of hydrogen-bond donors (Lipinski definition) is 1. The first-order valence-electron chi connectivity index (χ1n) is 12.7. The van der Waals surface area contributed by atoms with Crippen molar-refractivity contribution in [1.29, 1.82) is 0 Å². The van der Waals surface area contributed by atoms with Gasteiger partial charge >= 0.3 is 0 Å². The van der Waals surface area contributed by atoms with Crippen molar-refractivity contribution in [1.82, 2.24) is 30.1 Å². The third-order valence-electron chi connectivity index (χ3n) is 7.26. The van der Waals surface area contributed by atoms with Gasteiger partial charge in [0.25, 0.3) is 11.2 Å². The highest BCUT2D eigenvalue weighted by atomic mass is 16.6. The molecule has 4 aromatic rings. The van der Waals surface area contributed by atoms with Gasteiger partial charge in [0.1, 0.15) is 6.04 Å². The molecule has 0 amide bonds. The summed E-state index contributed by atoms with van der Waals surface area (Å²) in [6, 6.07) is 12.2. The van der Waals surface area contributed by atoms with E-state index in [4.69, 9.17) is 0 Å². The third kappa shape index (κ3) is 4.76. The van der Waals surface area contributed by atoms with E-state index in [0.717, 1.165) is 27.7 Å². The van der Waals surface area contributed by atoms with E-state index in [1.54, 1.807) is 16.8 Å². The standard InChI is InChI=1S/C27H32N8O3/c1-17-14-19-16-22(26(36)28-23(19)15-18(17)2)24(25-29-30-31-34(25)27(3,4)5)33-12-10-32(11-13-33)20-6-8-21(9-7-20)35(37)38/h6-9,14-16,24H,10-13H2,1-5H3,(H,28,36)/t24-/m0/s1. The zero-order valence-electron chi connectivity index (χ0n) is 22.3. The molecular weight excluding hydrogens is 484 g/mol. The van der Waals surface area contributed by atoms with Crippen molar-refractivity contribution in [2.75, 3.05) is 31.1 Å². The van der Waals surface area contributed by atoms with Crippen LogP contribution in [0.4, 0.5) is 11.4 Å². The van der Waals surface area contributed by atoms with E-state index in [0.29, 0.717) is 37.6 Å². The minimum Gasteiger partial charge on any atom is -0.369 e. The number of fused-ring (bicyclic) bond motifs is 1. The van der Waals surface area contributed by atoms with Gasteiger partial charge in [0.2, 0.25) is 0 Å². The fourth-order valence-corrected chi connectivity index (χ4v) is 5.06. The molecule has 198 valence electrons. The Morgan fingerprint density at radius 1 is 1.00 bits per heavy atom. The molecule has 1 fully saturated rings. The van der Waals surface area contributed by atoms with E-state index >= 15 is 0 Å². The number of rotatable bonds is 5. The number of aryl methyl sites for hydroxylation is 2. The molecule has 0 radical (unpaired) electrons. The molecule has 1 aliphatic rings. The summed E-state index contributed by atoms with van der Waals surface area (Å²) >= 11 is 0. The average molecular weight is 517 g/mol. The summed E-state index contributed by atoms with van der Waals surface area (Å²) in [5.74, 6) is 0.620. The maximum Gasteiger partial charge on any atom is 0.269 e. The SMILES string of the molecule is Cc1cc2cc([C@@H](c3nnnn3C(C)(C)C)N3CCN(c4ccc([N+](=O)[O-])cc4)CC3)c(=O)[nH]c2cc1C. The predicted octanol–water partition coefficient (Wildman–Crippen LogP) is 3.71. The number of hydrogen-bond acceptors (Lipinski definition) is 8. The zero-order chi connectivity index (χ0) is 27.2. The second-order valence-corrected chi connectivity index (χ2v) is 10.9. The second-order valence-electron chi connectivity index (χ2n) is 10.9. The van der Waals surface area contributed by atoms with Crippen molar-refractivity contribution >= 4 is 22.3 Å². The van der Waals surface area contributed by atoms with Crippen LogP contribution in [0.15, 0.2) is 47.3 Å². The highest BCUT2D eigenvalue weighted by Gasteiger charge is 2.35. The topological polar surface area (TPSA) is 126 Å². The van der Waals surface area contributed by atoms with E-state index in [2.05, 4.69) is 43.3 Å². The molecule has 5 rings (SSSR count). The van der Waals surface area contributed by atoms with E-state index < -0.39 is 11.0 Å². The number of nitrogens with one attached hydrogen (secondary N) is 1. The molecule has 11 heteroatoms. The number of aromatic nitrogens is 5. The van der Waals surface area contributed by atoms with Crippen LogP contribution in [-0.2, 0) is 5.54 Å². The smallest absolute Gasteiger partial charge is 0.269 e. The number of nitro benzene ring substituents is 1. The van der Waals surface area contributed by atoms with E-state index in [1.165, 1.54) is 12.1 Å². The lowest BCUT2D eigenvalue weighted by Crippen LogP contribution is -2.49. The summed E-state index contributed by atoms with van der Waals surface area (Å²) in [6.45, 7) is 12.9. The maximum absolute atomic E-state index is 13.5. The number of aromatic amines is 1. The molecule has 0 spiro atoms. The molecule has 0 saturated carbocycles. The lowest BCUT2D eigenvalue weighted by Gasteiger charge is -2.40. The Hall–Kier alpha value is -4.12. The van der Waals surface area contributed by atoms with Crippen LogP contribution in [0.2, 0.25) is 0 Å². The minimum absolute atomic E-state index is 0.0717. The van der Waals surface area contributed by atoms with Gasteiger partial charge in [0, 0.05) is 55.1 Å². The molecule has 0 bridgehead atoms. The number of tetrazole rings is 1. The molecule has 2 aromatic carbocycles. The van der Waals surface area contributed by atoms with Gasteiger partial charge in [-0.1, -0.05) is 0 Å². The minimum atomic E-state index is -0.446. The summed E-state index contributed by atoms with van der Waals surface area (Å²) in [6.07, 6.45) is 0. The van der Waals surface area contributed by atoms with E-state index in [-0.39, 0.29) is 16.8 Å². The molecule has 1 aliphatic heterocycles. The Morgan fingerprint density at radius 3 is 2.29 bits per heavy atom. The van der Waals surface area contributed by atoms with Crippen molar-refractivity contribution < 1.29 is 4.92 Å². The van der Waals surface area contributed by atoms with Gasteiger partial charge in [-0.2, -0.15) is 0 Å². The predicted molar refractivity (Wildman–Crippen MR) is 146 cm³/mol. The third-order valence-corrected chi connectivity index (χ3v) is 7.26. The maximum atomic E-state index is 13.5. The second kappa shape index (κ2) is 9.64. The molecule has 38 heavy (non-hydrogen) atoms. The molecule has 0 unspecified atom stereocenters. The number of pyridine rings is 1. The molecule has 1 N–H and O–H groups in total. The Labute approximate surface area is 220 Å². The van der Waals surface area contributed by atoms with Gasteiger partial charge in [0.05, 0.1) is 10.5 Å². The molecule has 3 heterocycles. The Kier molecular flexibility index (Phi) is 6.47. The monoisotopic (exact) mass is 516 g/mol. The van der Waals surface area contributed by atoms with Crippen LogP contribution < -0.4 is 10.5 Å². The largest absolute Gasteiger partial charge is 0.369 e. The summed E-state index contributed by atoms with van der Waals surface area (Å²) in [7, 11) is 0. The first-order valence-corrected chi connectivity index (χ1v) is 12.7. The molecule has 0 aliphatic carbocycles. The number of nitrogens with zero attached hydrogens (tertiary/aromatic N) is 7. The highest BCUT2D eigenvalue weighted by Crippen LogP contribution is 2.31. The van der Waals surface area contributed by atoms with Crippen molar-refractivity contribution in [3.05, 3.63) is 85.4 Å². The van der Waals surface area contributed by atoms with Gasteiger partial charge in [-0.15, -0.1) is 5.10 Å². The number of non-ortho nitro benzene ring substituents is 1. The number of nitro groups is 1. The quantitative estimate of drug-likeness (QED) is 0.314. The molecular formula is C27H32N8O3. The van der Waals surface area contributed by atoms with Crippen LogP contribution in [0.3, 0.4) is 0 Å². The van der Waals surface area contributed by atoms with Crippen LogP contribution in [-0.4, -0.2) is 61.2 Å². The van der Waals surface area contributed by atoms with E-state index in [9.17, 15) is 14.9 Å². The van der Waals surface area contributed by atoms with Crippen molar-refractivity contribution in [3.63, 3.8) is 0 Å². The lowest BCUT2D eigenvalue weighted by molar-refractivity contribution is -0.384. The summed E-state index contributed by atoms with van der Waals surface area (Å²) in [4.78, 5) is 31.7. The average Bonchev–Trinajstić information content (AvgIpc) is 3.37. The molecule has 1 saturated heterocycles. The lowest BCUT2D eigenvalue weighted by atomic mass is 9.99. The van der Waals surface area contributed by atoms with Crippen molar-refractivity contribution in [2.45, 2.75) is 46.2 Å². The Morgan fingerprint density at radius 2 is 1.66 bits per heavy atom. The molecule has 2 aromatic heterocycles. The van der Waals surface area contributed by atoms with Crippen LogP contribution in [0.1, 0.15) is 49.3 Å². The first-order chi connectivity index (χ1) is 18.0. The van der Waals surface area contributed by atoms with Crippen molar-refractivity contribution in [3.8, 4) is 0 Å².